The van der Waals surface area contributed by atoms with E-state index >= 15 is 0 Å². The van der Waals surface area contributed by atoms with E-state index < -0.39 is 0 Å². The SMILES string of the molecule is CC(Cc1cccc(Cl)c1)NCc1csc(Br)c1. The second-order valence-corrected chi connectivity index (χ2v) is 7.10. The molecule has 2 aromatic rings. The van der Waals surface area contributed by atoms with Gasteiger partial charge in [0.25, 0.3) is 0 Å². The maximum absolute atomic E-state index is 5.98. The molecular formula is C14H15BrClNS. The Labute approximate surface area is 125 Å². The van der Waals surface area contributed by atoms with Crippen LogP contribution in [0, 0.1) is 0 Å². The van der Waals surface area contributed by atoms with Crippen LogP contribution in [-0.2, 0) is 13.0 Å². The molecular weight excluding hydrogens is 330 g/mol. The number of benzene rings is 1. The molecule has 1 nitrogen and oxygen atoms in total. The third kappa shape index (κ3) is 4.39. The highest BCUT2D eigenvalue weighted by atomic mass is 79.9. The van der Waals surface area contributed by atoms with Crippen LogP contribution in [-0.4, -0.2) is 6.04 Å². The van der Waals surface area contributed by atoms with E-state index in [9.17, 15) is 0 Å². The van der Waals surface area contributed by atoms with Crippen LogP contribution in [0.3, 0.4) is 0 Å². The summed E-state index contributed by atoms with van der Waals surface area (Å²) in [5.74, 6) is 0. The summed E-state index contributed by atoms with van der Waals surface area (Å²) in [4.78, 5) is 0. The zero-order chi connectivity index (χ0) is 13.0. The average Bonchev–Trinajstić information content (AvgIpc) is 2.73. The molecule has 96 valence electrons. The lowest BCUT2D eigenvalue weighted by Crippen LogP contribution is -2.27. The van der Waals surface area contributed by atoms with E-state index in [0.29, 0.717) is 6.04 Å². The van der Waals surface area contributed by atoms with Crippen molar-refractivity contribution in [1.82, 2.24) is 5.32 Å². The number of hydrogen-bond acceptors (Lipinski definition) is 2. The van der Waals surface area contributed by atoms with Crippen molar-refractivity contribution in [3.63, 3.8) is 0 Å². The van der Waals surface area contributed by atoms with E-state index in [-0.39, 0.29) is 0 Å². The number of rotatable bonds is 5. The Hall–Kier alpha value is -0.350. The Morgan fingerprint density at radius 2 is 2.17 bits per heavy atom. The molecule has 0 radical (unpaired) electrons. The molecule has 1 atom stereocenters. The maximum atomic E-state index is 5.98. The molecule has 0 spiro atoms. The summed E-state index contributed by atoms with van der Waals surface area (Å²) in [7, 11) is 0. The van der Waals surface area contributed by atoms with Gasteiger partial charge in [-0.1, -0.05) is 23.7 Å². The van der Waals surface area contributed by atoms with Gasteiger partial charge in [0.05, 0.1) is 3.79 Å². The van der Waals surface area contributed by atoms with Gasteiger partial charge in [0.2, 0.25) is 0 Å². The fraction of sp³-hybridized carbons (Fsp3) is 0.286. The van der Waals surface area contributed by atoms with Gasteiger partial charge in [-0.2, -0.15) is 0 Å². The number of nitrogens with one attached hydrogen (secondary N) is 1. The molecule has 4 heteroatoms. The van der Waals surface area contributed by atoms with E-state index in [0.717, 1.165) is 18.0 Å². The topological polar surface area (TPSA) is 12.0 Å². The average molecular weight is 345 g/mol. The Kier molecular flexibility index (Phi) is 5.25. The third-order valence-electron chi connectivity index (χ3n) is 2.71. The van der Waals surface area contributed by atoms with Crippen molar-refractivity contribution in [1.29, 1.82) is 0 Å². The number of hydrogen-bond donors (Lipinski definition) is 1. The van der Waals surface area contributed by atoms with E-state index in [1.807, 2.05) is 18.2 Å². The van der Waals surface area contributed by atoms with Crippen LogP contribution in [0.5, 0.6) is 0 Å². The van der Waals surface area contributed by atoms with Crippen molar-refractivity contribution >= 4 is 38.9 Å². The second-order valence-electron chi connectivity index (χ2n) is 4.38. The van der Waals surface area contributed by atoms with Crippen LogP contribution in [0.4, 0.5) is 0 Å². The van der Waals surface area contributed by atoms with Crippen molar-refractivity contribution in [2.75, 3.05) is 0 Å². The van der Waals surface area contributed by atoms with E-state index in [4.69, 9.17) is 11.6 Å². The van der Waals surface area contributed by atoms with E-state index in [1.165, 1.54) is 14.9 Å². The normalized spacial score (nSPS) is 12.6. The zero-order valence-corrected chi connectivity index (χ0v) is 13.3. The summed E-state index contributed by atoms with van der Waals surface area (Å²) in [6, 6.07) is 10.6. The lowest BCUT2D eigenvalue weighted by molar-refractivity contribution is 0.546. The van der Waals surface area contributed by atoms with Gasteiger partial charge in [0, 0.05) is 17.6 Å². The van der Waals surface area contributed by atoms with E-state index in [1.54, 1.807) is 11.3 Å². The molecule has 0 saturated heterocycles. The van der Waals surface area contributed by atoms with Gasteiger partial charge in [-0.3, -0.25) is 0 Å². The predicted molar refractivity (Wildman–Crippen MR) is 83.5 cm³/mol. The lowest BCUT2D eigenvalue weighted by atomic mass is 10.1. The molecule has 1 heterocycles. The molecule has 0 amide bonds. The zero-order valence-electron chi connectivity index (χ0n) is 10.1. The molecule has 0 aliphatic rings. The summed E-state index contributed by atoms with van der Waals surface area (Å²) < 4.78 is 1.18. The molecule has 2 rings (SSSR count). The molecule has 18 heavy (non-hydrogen) atoms. The minimum atomic E-state index is 0.433. The Balaban J connectivity index is 1.83. The first-order valence-corrected chi connectivity index (χ1v) is 7.89. The van der Waals surface area contributed by atoms with Gasteiger partial charge in [-0.25, -0.2) is 0 Å². The number of thiophene rings is 1. The van der Waals surface area contributed by atoms with Crippen LogP contribution in [0.2, 0.25) is 5.02 Å². The lowest BCUT2D eigenvalue weighted by Gasteiger charge is -2.13. The Morgan fingerprint density at radius 1 is 1.33 bits per heavy atom. The van der Waals surface area contributed by atoms with Crippen LogP contribution in [0.1, 0.15) is 18.1 Å². The van der Waals surface area contributed by atoms with E-state index in [2.05, 4.69) is 45.7 Å². The first-order chi connectivity index (χ1) is 8.63. The van der Waals surface area contributed by atoms with Crippen molar-refractivity contribution in [2.45, 2.75) is 25.9 Å². The maximum Gasteiger partial charge on any atom is 0.0701 e. The van der Waals surface area contributed by atoms with Gasteiger partial charge in [-0.15, -0.1) is 11.3 Å². The molecule has 1 unspecified atom stereocenters. The fourth-order valence-electron chi connectivity index (χ4n) is 1.82. The summed E-state index contributed by atoms with van der Waals surface area (Å²) in [5.41, 5.74) is 2.60. The largest absolute Gasteiger partial charge is 0.310 e. The quantitative estimate of drug-likeness (QED) is 0.814. The monoisotopic (exact) mass is 343 g/mol. The third-order valence-corrected chi connectivity index (χ3v) is 4.50. The van der Waals surface area contributed by atoms with Gasteiger partial charge in [0.15, 0.2) is 0 Å². The van der Waals surface area contributed by atoms with Crippen molar-refractivity contribution in [2.24, 2.45) is 0 Å². The van der Waals surface area contributed by atoms with Crippen molar-refractivity contribution < 1.29 is 0 Å². The summed E-state index contributed by atoms with van der Waals surface area (Å²) in [6.45, 7) is 3.10. The minimum Gasteiger partial charge on any atom is -0.310 e. The molecule has 1 aromatic heterocycles. The minimum absolute atomic E-state index is 0.433. The van der Waals surface area contributed by atoms with Gasteiger partial charge < -0.3 is 5.32 Å². The molecule has 1 aromatic carbocycles. The van der Waals surface area contributed by atoms with Gasteiger partial charge >= 0.3 is 0 Å². The predicted octanol–water partition coefficient (Wildman–Crippen LogP) is 4.88. The molecule has 1 N–H and O–H groups in total. The Morgan fingerprint density at radius 3 is 2.83 bits per heavy atom. The highest BCUT2D eigenvalue weighted by molar-refractivity contribution is 9.11. The fourth-order valence-corrected chi connectivity index (χ4v) is 3.24. The second kappa shape index (κ2) is 6.71. The number of halogens is 2. The summed E-state index contributed by atoms with van der Waals surface area (Å²) in [5, 5.41) is 6.50. The molecule has 0 bridgehead atoms. The summed E-state index contributed by atoms with van der Waals surface area (Å²) >= 11 is 11.2. The molecule has 0 saturated carbocycles. The molecule has 0 aliphatic heterocycles. The van der Waals surface area contributed by atoms with Crippen LogP contribution < -0.4 is 5.32 Å². The molecule has 0 aliphatic carbocycles. The Bertz CT molecular complexity index is 512. The van der Waals surface area contributed by atoms with Gasteiger partial charge in [0.1, 0.15) is 0 Å². The summed E-state index contributed by atoms with van der Waals surface area (Å²) in [6.07, 6.45) is 0.992. The van der Waals surface area contributed by atoms with Crippen LogP contribution in [0.25, 0.3) is 0 Å². The smallest absolute Gasteiger partial charge is 0.0701 e. The van der Waals surface area contributed by atoms with Crippen LogP contribution in [0.15, 0.2) is 39.5 Å². The molecule has 0 fully saturated rings. The van der Waals surface area contributed by atoms with Crippen LogP contribution >= 0.6 is 38.9 Å². The first kappa shape index (κ1) is 14.1. The van der Waals surface area contributed by atoms with Gasteiger partial charge in [-0.05, 0) is 64.0 Å². The highest BCUT2D eigenvalue weighted by Crippen LogP contribution is 2.20. The van der Waals surface area contributed by atoms with Crippen molar-refractivity contribution in [3.8, 4) is 0 Å². The van der Waals surface area contributed by atoms with Crippen molar-refractivity contribution in [3.05, 3.63) is 55.6 Å². The first-order valence-electron chi connectivity index (χ1n) is 5.84. The highest BCUT2D eigenvalue weighted by Gasteiger charge is 2.04. The standard InChI is InChI=1S/C14H15BrClNS/c1-10(5-11-3-2-4-13(16)6-11)17-8-12-7-14(15)18-9-12/h2-4,6-7,9-10,17H,5,8H2,1H3.